The summed E-state index contributed by atoms with van der Waals surface area (Å²) in [5.74, 6) is 0.264. The average Bonchev–Trinajstić information content (AvgIpc) is 2.51. The van der Waals surface area contributed by atoms with Gasteiger partial charge in [0.15, 0.2) is 0 Å². The molecule has 0 aromatic rings. The summed E-state index contributed by atoms with van der Waals surface area (Å²) in [5, 5.41) is 0. The van der Waals surface area contributed by atoms with E-state index in [9.17, 15) is 8.42 Å². The Morgan fingerprint density at radius 2 is 2.23 bits per heavy atom. The van der Waals surface area contributed by atoms with E-state index in [1.54, 1.807) is 4.31 Å². The monoisotopic (exact) mass is 225 g/mol. The maximum Gasteiger partial charge on any atom is 0.215 e. The van der Waals surface area contributed by atoms with Gasteiger partial charge in [0.05, 0.1) is 5.75 Å². The van der Waals surface area contributed by atoms with Crippen LogP contribution in [0.4, 0.5) is 0 Å². The molecule has 78 valence electrons. The maximum atomic E-state index is 11.6. The molecule has 0 N–H and O–H groups in total. The van der Waals surface area contributed by atoms with Gasteiger partial charge in [-0.3, -0.25) is 0 Å². The lowest BCUT2D eigenvalue weighted by molar-refractivity contribution is 0.380. The highest BCUT2D eigenvalue weighted by Crippen LogP contribution is 2.23. The first-order chi connectivity index (χ1) is 6.11. The van der Waals surface area contributed by atoms with E-state index in [0.717, 1.165) is 19.3 Å². The van der Waals surface area contributed by atoms with Crippen molar-refractivity contribution < 1.29 is 8.42 Å². The van der Waals surface area contributed by atoms with E-state index >= 15 is 0 Å². The largest absolute Gasteiger partial charge is 0.215 e. The number of nitrogens with zero attached hydrogens (tertiary/aromatic N) is 1. The topological polar surface area (TPSA) is 37.4 Å². The van der Waals surface area contributed by atoms with Crippen LogP contribution in [0.3, 0.4) is 0 Å². The first kappa shape index (κ1) is 11.3. The molecule has 0 aromatic heterocycles. The second-order valence-electron chi connectivity index (χ2n) is 3.32. The number of hydrogen-bond donors (Lipinski definition) is 0. The Balaban J connectivity index is 2.69. The summed E-state index contributed by atoms with van der Waals surface area (Å²) in [5.41, 5.74) is 0. The van der Waals surface area contributed by atoms with Crippen LogP contribution in [0, 0.1) is 0 Å². The van der Waals surface area contributed by atoms with Gasteiger partial charge in [0, 0.05) is 18.5 Å². The number of halogens is 1. The molecule has 3 nitrogen and oxygen atoms in total. The maximum absolute atomic E-state index is 11.6. The summed E-state index contributed by atoms with van der Waals surface area (Å²) in [6.45, 7) is 2.71. The zero-order valence-electron chi connectivity index (χ0n) is 7.87. The standard InChI is InChI=1S/C8H16ClNO2S/c1-2-8-4-3-6-10(8)13(11,12)7-5-9/h8H,2-7H2,1H3. The van der Waals surface area contributed by atoms with Crippen molar-refractivity contribution in [2.45, 2.75) is 32.2 Å². The molecule has 1 heterocycles. The van der Waals surface area contributed by atoms with Crippen molar-refractivity contribution in [1.29, 1.82) is 0 Å². The minimum absolute atomic E-state index is 0.0745. The number of rotatable bonds is 4. The predicted octanol–water partition coefficient (Wildman–Crippen LogP) is 1.43. The summed E-state index contributed by atoms with van der Waals surface area (Å²) in [4.78, 5) is 0. The van der Waals surface area contributed by atoms with Crippen LogP contribution in [0.2, 0.25) is 0 Å². The molecule has 0 bridgehead atoms. The van der Waals surface area contributed by atoms with Crippen molar-refractivity contribution in [1.82, 2.24) is 4.31 Å². The van der Waals surface area contributed by atoms with Crippen molar-refractivity contribution in [3.63, 3.8) is 0 Å². The molecule has 1 atom stereocenters. The van der Waals surface area contributed by atoms with Gasteiger partial charge in [0.1, 0.15) is 0 Å². The molecule has 1 aliphatic heterocycles. The second-order valence-corrected chi connectivity index (χ2v) is 5.74. The minimum Gasteiger partial charge on any atom is -0.212 e. The molecule has 0 aliphatic carbocycles. The van der Waals surface area contributed by atoms with Crippen LogP contribution < -0.4 is 0 Å². The van der Waals surface area contributed by atoms with Crippen LogP contribution in [0.15, 0.2) is 0 Å². The third-order valence-electron chi connectivity index (χ3n) is 2.49. The Bertz CT molecular complexity index is 253. The highest BCUT2D eigenvalue weighted by molar-refractivity contribution is 7.89. The van der Waals surface area contributed by atoms with Crippen LogP contribution in [0.5, 0.6) is 0 Å². The van der Waals surface area contributed by atoms with E-state index in [4.69, 9.17) is 11.6 Å². The third kappa shape index (κ3) is 2.58. The van der Waals surface area contributed by atoms with Crippen molar-refractivity contribution >= 4 is 21.6 Å². The fourth-order valence-corrected chi connectivity index (χ4v) is 3.93. The minimum atomic E-state index is -3.07. The van der Waals surface area contributed by atoms with Crippen LogP contribution in [-0.4, -0.2) is 36.9 Å². The molecule has 0 radical (unpaired) electrons. The Hall–Kier alpha value is 0.200. The zero-order valence-corrected chi connectivity index (χ0v) is 9.44. The van der Waals surface area contributed by atoms with Crippen molar-refractivity contribution in [2.24, 2.45) is 0 Å². The molecule has 5 heteroatoms. The molecule has 0 saturated carbocycles. The summed E-state index contributed by atoms with van der Waals surface area (Å²) in [6, 6.07) is 0.216. The normalized spacial score (nSPS) is 25.2. The molecule has 0 spiro atoms. The van der Waals surface area contributed by atoms with E-state index in [-0.39, 0.29) is 17.7 Å². The summed E-state index contributed by atoms with van der Waals surface area (Å²) < 4.78 is 24.9. The molecule has 1 saturated heterocycles. The van der Waals surface area contributed by atoms with Gasteiger partial charge in [0.2, 0.25) is 10.0 Å². The van der Waals surface area contributed by atoms with Gasteiger partial charge in [-0.2, -0.15) is 4.31 Å². The van der Waals surface area contributed by atoms with E-state index in [2.05, 4.69) is 0 Å². The van der Waals surface area contributed by atoms with Gasteiger partial charge >= 0.3 is 0 Å². The summed E-state index contributed by atoms with van der Waals surface area (Å²) >= 11 is 5.45. The SMILES string of the molecule is CCC1CCCN1S(=O)(=O)CCCl. The Kier molecular flexibility index (Phi) is 4.01. The van der Waals surface area contributed by atoms with Gasteiger partial charge in [0.25, 0.3) is 0 Å². The molecular weight excluding hydrogens is 210 g/mol. The first-order valence-electron chi connectivity index (χ1n) is 4.67. The second kappa shape index (κ2) is 4.62. The smallest absolute Gasteiger partial charge is 0.212 e. The predicted molar refractivity (Wildman–Crippen MR) is 54.5 cm³/mol. The lowest BCUT2D eigenvalue weighted by Gasteiger charge is -2.22. The molecule has 1 aliphatic rings. The first-order valence-corrected chi connectivity index (χ1v) is 6.81. The molecular formula is C8H16ClNO2S. The fraction of sp³-hybridized carbons (Fsp3) is 1.00. The Morgan fingerprint density at radius 1 is 1.54 bits per heavy atom. The van der Waals surface area contributed by atoms with Crippen LogP contribution >= 0.6 is 11.6 Å². The highest BCUT2D eigenvalue weighted by atomic mass is 35.5. The van der Waals surface area contributed by atoms with Gasteiger partial charge in [-0.15, -0.1) is 11.6 Å². The van der Waals surface area contributed by atoms with Crippen molar-refractivity contribution in [3.8, 4) is 0 Å². The van der Waals surface area contributed by atoms with Crippen molar-refractivity contribution in [2.75, 3.05) is 18.2 Å². The van der Waals surface area contributed by atoms with E-state index < -0.39 is 10.0 Å². The number of alkyl halides is 1. The lowest BCUT2D eigenvalue weighted by atomic mass is 10.2. The summed E-state index contributed by atoms with van der Waals surface area (Å²) in [6.07, 6.45) is 2.89. The molecule has 1 unspecified atom stereocenters. The molecule has 1 fully saturated rings. The fourth-order valence-electron chi connectivity index (χ4n) is 1.80. The Labute approximate surface area is 85.1 Å². The molecule has 13 heavy (non-hydrogen) atoms. The molecule has 0 aromatic carbocycles. The number of sulfonamides is 1. The van der Waals surface area contributed by atoms with E-state index in [1.165, 1.54) is 0 Å². The van der Waals surface area contributed by atoms with Gasteiger partial charge in [-0.25, -0.2) is 8.42 Å². The Morgan fingerprint density at radius 3 is 2.77 bits per heavy atom. The van der Waals surface area contributed by atoms with Crippen LogP contribution in [0.25, 0.3) is 0 Å². The van der Waals surface area contributed by atoms with E-state index in [1.807, 2.05) is 6.92 Å². The van der Waals surface area contributed by atoms with Gasteiger partial charge in [-0.1, -0.05) is 6.92 Å². The zero-order chi connectivity index (χ0) is 9.90. The van der Waals surface area contributed by atoms with Crippen molar-refractivity contribution in [3.05, 3.63) is 0 Å². The van der Waals surface area contributed by atoms with Crippen LogP contribution in [-0.2, 0) is 10.0 Å². The quantitative estimate of drug-likeness (QED) is 0.679. The van der Waals surface area contributed by atoms with Crippen LogP contribution in [0.1, 0.15) is 26.2 Å². The van der Waals surface area contributed by atoms with Gasteiger partial charge < -0.3 is 0 Å². The average molecular weight is 226 g/mol. The van der Waals surface area contributed by atoms with E-state index in [0.29, 0.717) is 6.54 Å². The highest BCUT2D eigenvalue weighted by Gasteiger charge is 2.32. The molecule has 0 amide bonds. The molecule has 1 rings (SSSR count). The third-order valence-corrected chi connectivity index (χ3v) is 4.82. The summed E-state index contributed by atoms with van der Waals surface area (Å²) in [7, 11) is -3.07. The van der Waals surface area contributed by atoms with Gasteiger partial charge in [-0.05, 0) is 19.3 Å². The lowest BCUT2D eigenvalue weighted by Crippen LogP contribution is -2.37. The number of hydrogen-bond acceptors (Lipinski definition) is 2.